The number of benzene rings is 2. The maximum absolute atomic E-state index is 13.3. The first-order valence-corrected chi connectivity index (χ1v) is 13.6. The SMILES string of the molecule is Cn1c(=O)cc(Sc2ccc(NC(=O)[C@@H](NC(=O)OC(C)(C)C)C3CCCCC3)cc2)c2ccccc21. The van der Waals surface area contributed by atoms with Crippen LogP contribution in [-0.2, 0) is 16.6 Å². The number of ether oxygens (including phenoxy) is 1. The molecule has 0 spiro atoms. The fourth-order valence-electron chi connectivity index (χ4n) is 4.72. The van der Waals surface area contributed by atoms with Crippen LogP contribution in [0, 0.1) is 5.92 Å². The van der Waals surface area contributed by atoms with E-state index in [0.29, 0.717) is 5.69 Å². The highest BCUT2D eigenvalue weighted by molar-refractivity contribution is 7.99. The molecule has 3 aromatic rings. The van der Waals surface area contributed by atoms with Crippen LogP contribution in [0.2, 0.25) is 0 Å². The number of para-hydroxylation sites is 1. The van der Waals surface area contributed by atoms with Crippen LogP contribution < -0.4 is 16.2 Å². The Morgan fingerprint density at radius 3 is 2.38 bits per heavy atom. The van der Waals surface area contributed by atoms with Gasteiger partial charge in [0.25, 0.3) is 5.56 Å². The van der Waals surface area contributed by atoms with Gasteiger partial charge in [-0.25, -0.2) is 4.79 Å². The minimum Gasteiger partial charge on any atom is -0.444 e. The molecule has 0 unspecified atom stereocenters. The zero-order valence-corrected chi connectivity index (χ0v) is 22.7. The molecule has 37 heavy (non-hydrogen) atoms. The molecule has 1 heterocycles. The first-order chi connectivity index (χ1) is 17.6. The molecule has 2 N–H and O–H groups in total. The Morgan fingerprint density at radius 2 is 1.70 bits per heavy atom. The van der Waals surface area contributed by atoms with Crippen LogP contribution in [0.15, 0.2) is 69.2 Å². The second-order valence-electron chi connectivity index (χ2n) is 10.6. The number of aromatic nitrogens is 1. The molecule has 7 nitrogen and oxygen atoms in total. The van der Waals surface area contributed by atoms with Crippen LogP contribution in [0.4, 0.5) is 10.5 Å². The van der Waals surface area contributed by atoms with E-state index in [0.717, 1.165) is 52.8 Å². The van der Waals surface area contributed by atoms with Gasteiger partial charge in [-0.2, -0.15) is 0 Å². The molecular formula is C29H35N3O4S. The number of amides is 2. The van der Waals surface area contributed by atoms with Crippen molar-refractivity contribution in [1.29, 1.82) is 0 Å². The van der Waals surface area contributed by atoms with E-state index in [9.17, 15) is 14.4 Å². The Morgan fingerprint density at radius 1 is 1.03 bits per heavy atom. The molecule has 1 aromatic heterocycles. The average Bonchev–Trinajstić information content (AvgIpc) is 2.86. The van der Waals surface area contributed by atoms with Gasteiger partial charge < -0.3 is 19.9 Å². The first-order valence-electron chi connectivity index (χ1n) is 12.8. The molecule has 1 aliphatic carbocycles. The normalized spacial score (nSPS) is 15.2. The first kappa shape index (κ1) is 26.8. The van der Waals surface area contributed by atoms with E-state index in [1.165, 1.54) is 11.8 Å². The molecule has 1 saturated carbocycles. The van der Waals surface area contributed by atoms with Crippen molar-refractivity contribution in [3.63, 3.8) is 0 Å². The molecule has 1 fully saturated rings. The Labute approximate surface area is 222 Å². The summed E-state index contributed by atoms with van der Waals surface area (Å²) in [6.45, 7) is 5.41. The highest BCUT2D eigenvalue weighted by Gasteiger charge is 2.32. The lowest BCUT2D eigenvalue weighted by molar-refractivity contribution is -0.119. The van der Waals surface area contributed by atoms with Crippen LogP contribution in [0.25, 0.3) is 10.9 Å². The third-order valence-electron chi connectivity index (χ3n) is 6.54. The Hall–Kier alpha value is -3.26. The minimum atomic E-state index is -0.656. The van der Waals surface area contributed by atoms with Crippen LogP contribution in [0.5, 0.6) is 0 Å². The summed E-state index contributed by atoms with van der Waals surface area (Å²) >= 11 is 1.51. The van der Waals surface area contributed by atoms with Crippen LogP contribution in [0.1, 0.15) is 52.9 Å². The zero-order chi connectivity index (χ0) is 26.6. The predicted molar refractivity (Wildman–Crippen MR) is 148 cm³/mol. The van der Waals surface area contributed by atoms with Gasteiger partial charge in [-0.3, -0.25) is 9.59 Å². The number of nitrogens with zero attached hydrogens (tertiary/aromatic N) is 1. The fraction of sp³-hybridized carbons (Fsp3) is 0.414. The largest absolute Gasteiger partial charge is 0.444 e. The number of nitrogens with one attached hydrogen (secondary N) is 2. The molecular weight excluding hydrogens is 486 g/mol. The van der Waals surface area contributed by atoms with Gasteiger partial charge in [0, 0.05) is 34.0 Å². The van der Waals surface area contributed by atoms with Crippen molar-refractivity contribution in [3.05, 3.63) is 65.0 Å². The van der Waals surface area contributed by atoms with Crippen molar-refractivity contribution in [2.75, 3.05) is 5.32 Å². The van der Waals surface area contributed by atoms with Crippen molar-refractivity contribution in [2.45, 2.75) is 74.3 Å². The number of alkyl carbamates (subject to hydrolysis) is 1. The monoisotopic (exact) mass is 521 g/mol. The van der Waals surface area contributed by atoms with Crippen molar-refractivity contribution in [2.24, 2.45) is 13.0 Å². The lowest BCUT2D eigenvalue weighted by Gasteiger charge is -2.31. The number of carbonyl (C=O) groups excluding carboxylic acids is 2. The van der Waals surface area contributed by atoms with Crippen LogP contribution in [-0.4, -0.2) is 28.2 Å². The van der Waals surface area contributed by atoms with Gasteiger partial charge in [0.15, 0.2) is 0 Å². The summed E-state index contributed by atoms with van der Waals surface area (Å²) in [5, 5.41) is 6.81. The maximum atomic E-state index is 13.3. The summed E-state index contributed by atoms with van der Waals surface area (Å²) in [7, 11) is 1.77. The molecule has 4 rings (SSSR count). The second kappa shape index (κ2) is 11.4. The summed E-state index contributed by atoms with van der Waals surface area (Å²) in [6, 6.07) is 16.4. The lowest BCUT2D eigenvalue weighted by atomic mass is 9.83. The van der Waals surface area contributed by atoms with Crippen molar-refractivity contribution in [1.82, 2.24) is 9.88 Å². The topological polar surface area (TPSA) is 89.4 Å². The number of aryl methyl sites for hydroxylation is 1. The Balaban J connectivity index is 1.47. The molecule has 2 aromatic carbocycles. The Bertz CT molecular complexity index is 1320. The third kappa shape index (κ3) is 6.95. The lowest BCUT2D eigenvalue weighted by Crippen LogP contribution is -2.50. The molecule has 196 valence electrons. The minimum absolute atomic E-state index is 0.0590. The van der Waals surface area contributed by atoms with Gasteiger partial charge in [-0.15, -0.1) is 0 Å². The van der Waals surface area contributed by atoms with Crippen molar-refractivity contribution in [3.8, 4) is 0 Å². The van der Waals surface area contributed by atoms with Crippen molar-refractivity contribution < 1.29 is 14.3 Å². The van der Waals surface area contributed by atoms with E-state index in [4.69, 9.17) is 4.74 Å². The standard InChI is InChI=1S/C29H35N3O4S/c1-29(2,3)36-28(35)31-26(19-10-6-5-7-11-19)27(34)30-20-14-16-21(17-15-20)37-24-18-25(33)32(4)23-13-9-8-12-22(23)24/h8-9,12-19,26H,5-7,10-11H2,1-4H3,(H,30,34)(H,31,35)/t26-/m0/s1. The summed E-state index contributed by atoms with van der Waals surface area (Å²) in [6.07, 6.45) is 4.47. The zero-order valence-electron chi connectivity index (χ0n) is 21.9. The van der Waals surface area contributed by atoms with Gasteiger partial charge >= 0.3 is 6.09 Å². The smallest absolute Gasteiger partial charge is 0.408 e. The molecule has 0 aliphatic heterocycles. The molecule has 0 bridgehead atoms. The summed E-state index contributed by atoms with van der Waals surface area (Å²) < 4.78 is 7.07. The molecule has 2 amide bonds. The molecule has 1 atom stereocenters. The quantitative estimate of drug-likeness (QED) is 0.409. The van der Waals surface area contributed by atoms with Crippen molar-refractivity contribution >= 4 is 40.4 Å². The number of rotatable bonds is 6. The number of fused-ring (bicyclic) bond motifs is 1. The predicted octanol–water partition coefficient (Wildman–Crippen LogP) is 6.10. The summed E-state index contributed by atoms with van der Waals surface area (Å²) in [4.78, 5) is 40.0. The van der Waals surface area contributed by atoms with E-state index in [2.05, 4.69) is 10.6 Å². The van der Waals surface area contributed by atoms with Crippen LogP contribution >= 0.6 is 11.8 Å². The Kier molecular flexibility index (Phi) is 8.27. The van der Waals surface area contributed by atoms with Gasteiger partial charge in [-0.1, -0.05) is 49.2 Å². The van der Waals surface area contributed by atoms with Gasteiger partial charge in [0.1, 0.15) is 11.6 Å². The summed E-state index contributed by atoms with van der Waals surface area (Å²) in [5.41, 5.74) is 0.832. The molecule has 0 saturated heterocycles. The van der Waals surface area contributed by atoms with E-state index < -0.39 is 17.7 Å². The fourth-order valence-corrected chi connectivity index (χ4v) is 5.69. The molecule has 0 radical (unpaired) electrons. The summed E-state index contributed by atoms with van der Waals surface area (Å²) in [5.74, 6) is -0.166. The van der Waals surface area contributed by atoms with E-state index in [1.807, 2.05) is 48.5 Å². The van der Waals surface area contributed by atoms with Crippen LogP contribution in [0.3, 0.4) is 0 Å². The number of hydrogen-bond acceptors (Lipinski definition) is 5. The highest BCUT2D eigenvalue weighted by Crippen LogP contribution is 2.33. The highest BCUT2D eigenvalue weighted by atomic mass is 32.2. The van der Waals surface area contributed by atoms with Gasteiger partial charge in [0.2, 0.25) is 5.91 Å². The maximum Gasteiger partial charge on any atom is 0.408 e. The number of pyridine rings is 1. The van der Waals surface area contributed by atoms with E-state index >= 15 is 0 Å². The van der Waals surface area contributed by atoms with Gasteiger partial charge in [0.05, 0.1) is 5.52 Å². The second-order valence-corrected chi connectivity index (χ2v) is 11.7. The average molecular weight is 522 g/mol. The third-order valence-corrected chi connectivity index (χ3v) is 7.61. The number of hydrogen-bond donors (Lipinski definition) is 2. The van der Waals surface area contributed by atoms with E-state index in [-0.39, 0.29) is 17.4 Å². The van der Waals surface area contributed by atoms with Gasteiger partial charge in [-0.05, 0) is 69.9 Å². The molecule has 1 aliphatic rings. The number of carbonyl (C=O) groups is 2. The van der Waals surface area contributed by atoms with E-state index in [1.54, 1.807) is 38.5 Å². The molecule has 8 heteroatoms. The number of anilines is 1.